The zero-order valence-electron chi connectivity index (χ0n) is 6.85. The van der Waals surface area contributed by atoms with Crippen LogP contribution in [0.4, 0.5) is 0 Å². The Labute approximate surface area is 80.8 Å². The summed E-state index contributed by atoms with van der Waals surface area (Å²) in [5.41, 5.74) is 0. The van der Waals surface area contributed by atoms with Gasteiger partial charge in [-0.25, -0.2) is 0 Å². The van der Waals surface area contributed by atoms with Crippen LogP contribution in [0.25, 0.3) is 0 Å². The minimum absolute atomic E-state index is 0.141. The van der Waals surface area contributed by atoms with Crippen molar-refractivity contribution in [3.63, 3.8) is 0 Å². The number of allylic oxidation sites excluding steroid dienone is 1. The highest BCUT2D eigenvalue weighted by Gasteiger charge is 2.10. The van der Waals surface area contributed by atoms with Crippen LogP contribution in [-0.2, 0) is 4.74 Å². The molecule has 2 N–H and O–H groups in total. The summed E-state index contributed by atoms with van der Waals surface area (Å²) >= 11 is 3.02. The smallest absolute Gasteiger partial charge is 0.127 e. The Morgan fingerprint density at radius 2 is 2.42 bits per heavy atom. The molecule has 0 aromatic carbocycles. The third-order valence-corrected chi connectivity index (χ3v) is 1.96. The van der Waals surface area contributed by atoms with Gasteiger partial charge in [-0.15, -0.1) is 0 Å². The summed E-state index contributed by atoms with van der Waals surface area (Å²) in [5, 5.41) is 10.1. The van der Waals surface area contributed by atoms with E-state index < -0.39 is 0 Å². The van der Waals surface area contributed by atoms with Gasteiger partial charge in [0.25, 0.3) is 0 Å². The standard InChI is InChI=1S/C8H13BrN2O/c9-7(10)4-5-11-8-3-1-2-6-12-8/h4-5,8,10-11H,1-3,6H2/b5-4-,10-7?. The van der Waals surface area contributed by atoms with Crippen molar-refractivity contribution in [3.05, 3.63) is 12.3 Å². The van der Waals surface area contributed by atoms with E-state index in [1.165, 1.54) is 6.42 Å². The summed E-state index contributed by atoms with van der Waals surface area (Å²) < 4.78 is 5.78. The third-order valence-electron chi connectivity index (χ3n) is 1.69. The van der Waals surface area contributed by atoms with E-state index in [0.29, 0.717) is 4.62 Å². The lowest BCUT2D eigenvalue weighted by Crippen LogP contribution is -2.30. The van der Waals surface area contributed by atoms with Crippen molar-refractivity contribution in [1.29, 1.82) is 5.41 Å². The summed E-state index contributed by atoms with van der Waals surface area (Å²) in [4.78, 5) is 0. The molecule has 1 saturated heterocycles. The van der Waals surface area contributed by atoms with Crippen LogP contribution in [0.1, 0.15) is 19.3 Å². The van der Waals surface area contributed by atoms with Crippen LogP contribution in [0.2, 0.25) is 0 Å². The molecule has 0 aliphatic carbocycles. The van der Waals surface area contributed by atoms with E-state index in [-0.39, 0.29) is 6.23 Å². The molecule has 1 aliphatic heterocycles. The Morgan fingerprint density at radius 3 is 3.00 bits per heavy atom. The van der Waals surface area contributed by atoms with Crippen LogP contribution in [0.3, 0.4) is 0 Å². The van der Waals surface area contributed by atoms with Gasteiger partial charge in [0.15, 0.2) is 0 Å². The molecule has 68 valence electrons. The third kappa shape index (κ3) is 3.88. The van der Waals surface area contributed by atoms with Crippen LogP contribution >= 0.6 is 15.9 Å². The minimum Gasteiger partial charge on any atom is -0.366 e. The highest BCUT2D eigenvalue weighted by Crippen LogP contribution is 2.09. The molecule has 4 heteroatoms. The molecule has 0 bridgehead atoms. The number of hydrogen-bond donors (Lipinski definition) is 2. The van der Waals surface area contributed by atoms with E-state index >= 15 is 0 Å². The van der Waals surface area contributed by atoms with Crippen molar-refractivity contribution < 1.29 is 4.74 Å². The lowest BCUT2D eigenvalue weighted by atomic mass is 10.2. The fraction of sp³-hybridized carbons (Fsp3) is 0.625. The molecule has 0 aromatic heterocycles. The molecule has 1 atom stereocenters. The van der Waals surface area contributed by atoms with Gasteiger partial charge in [0, 0.05) is 12.8 Å². The zero-order valence-corrected chi connectivity index (χ0v) is 8.43. The summed E-state index contributed by atoms with van der Waals surface area (Å²) in [5.74, 6) is 0. The van der Waals surface area contributed by atoms with Crippen LogP contribution in [-0.4, -0.2) is 17.5 Å². The molecular weight excluding hydrogens is 220 g/mol. The van der Waals surface area contributed by atoms with Gasteiger partial charge in [-0.2, -0.15) is 0 Å². The summed E-state index contributed by atoms with van der Waals surface area (Å²) in [7, 11) is 0. The van der Waals surface area contributed by atoms with E-state index in [9.17, 15) is 0 Å². The van der Waals surface area contributed by atoms with Crippen LogP contribution < -0.4 is 5.32 Å². The minimum atomic E-state index is 0.141. The van der Waals surface area contributed by atoms with Crippen molar-refractivity contribution in [2.24, 2.45) is 0 Å². The molecule has 1 rings (SSSR count). The second-order valence-electron chi connectivity index (χ2n) is 2.70. The summed E-state index contributed by atoms with van der Waals surface area (Å²) in [6.45, 7) is 0.845. The van der Waals surface area contributed by atoms with Gasteiger partial charge >= 0.3 is 0 Å². The Balaban J connectivity index is 2.17. The Kier molecular flexibility index (Phi) is 4.32. The summed E-state index contributed by atoms with van der Waals surface area (Å²) in [6.07, 6.45) is 6.97. The predicted octanol–water partition coefficient (Wildman–Crippen LogP) is 1.99. The number of ether oxygens (including phenoxy) is 1. The maximum Gasteiger partial charge on any atom is 0.127 e. The van der Waals surface area contributed by atoms with Gasteiger partial charge < -0.3 is 10.1 Å². The van der Waals surface area contributed by atoms with E-state index in [1.807, 2.05) is 0 Å². The van der Waals surface area contributed by atoms with E-state index in [4.69, 9.17) is 10.1 Å². The molecule has 1 heterocycles. The molecule has 1 fully saturated rings. The Bertz CT molecular complexity index is 176. The maximum atomic E-state index is 7.06. The van der Waals surface area contributed by atoms with Gasteiger partial charge in [0.2, 0.25) is 0 Å². The largest absolute Gasteiger partial charge is 0.366 e. The van der Waals surface area contributed by atoms with E-state index in [1.54, 1.807) is 12.3 Å². The number of rotatable bonds is 3. The van der Waals surface area contributed by atoms with Crippen LogP contribution in [0.15, 0.2) is 12.3 Å². The van der Waals surface area contributed by atoms with Crippen LogP contribution in [0, 0.1) is 5.41 Å². The lowest BCUT2D eigenvalue weighted by Gasteiger charge is -2.22. The van der Waals surface area contributed by atoms with Gasteiger partial charge in [-0.1, -0.05) is 0 Å². The molecular formula is C8H13BrN2O. The molecule has 3 nitrogen and oxygen atoms in total. The first-order chi connectivity index (χ1) is 5.79. The van der Waals surface area contributed by atoms with Crippen molar-refractivity contribution in [3.8, 4) is 0 Å². The predicted molar refractivity (Wildman–Crippen MR) is 52.5 cm³/mol. The fourth-order valence-electron chi connectivity index (χ4n) is 1.10. The van der Waals surface area contributed by atoms with Crippen LogP contribution in [0.5, 0.6) is 0 Å². The average Bonchev–Trinajstić information content (AvgIpc) is 2.05. The first kappa shape index (κ1) is 9.74. The van der Waals surface area contributed by atoms with E-state index in [0.717, 1.165) is 19.4 Å². The maximum absolute atomic E-state index is 7.06. The lowest BCUT2D eigenvalue weighted by molar-refractivity contribution is 0.00339. The highest BCUT2D eigenvalue weighted by atomic mass is 79.9. The van der Waals surface area contributed by atoms with Gasteiger partial charge in [-0.05, 0) is 41.3 Å². The Hall–Kier alpha value is -0.350. The molecule has 0 aromatic rings. The first-order valence-electron chi connectivity index (χ1n) is 4.07. The average molecular weight is 233 g/mol. The molecule has 1 aliphatic rings. The second-order valence-corrected chi connectivity index (χ2v) is 3.56. The van der Waals surface area contributed by atoms with Crippen molar-refractivity contribution in [2.75, 3.05) is 6.61 Å². The monoisotopic (exact) mass is 232 g/mol. The topological polar surface area (TPSA) is 45.1 Å². The number of hydrogen-bond acceptors (Lipinski definition) is 3. The molecule has 0 spiro atoms. The quantitative estimate of drug-likeness (QED) is 0.732. The zero-order chi connectivity index (χ0) is 8.81. The van der Waals surface area contributed by atoms with Gasteiger partial charge in [0.1, 0.15) is 6.23 Å². The highest BCUT2D eigenvalue weighted by molar-refractivity contribution is 9.18. The van der Waals surface area contributed by atoms with Crippen molar-refractivity contribution in [1.82, 2.24) is 5.32 Å². The molecule has 0 amide bonds. The van der Waals surface area contributed by atoms with E-state index in [2.05, 4.69) is 21.2 Å². The number of halogens is 1. The Morgan fingerprint density at radius 1 is 1.58 bits per heavy atom. The molecule has 0 radical (unpaired) electrons. The SMILES string of the molecule is N=C(Br)/C=C\NC1CCCCO1. The van der Waals surface area contributed by atoms with Crippen molar-refractivity contribution >= 4 is 20.6 Å². The normalized spacial score (nSPS) is 24.2. The summed E-state index contributed by atoms with van der Waals surface area (Å²) in [6, 6.07) is 0. The first-order valence-corrected chi connectivity index (χ1v) is 4.86. The molecule has 0 saturated carbocycles. The fourth-order valence-corrected chi connectivity index (χ4v) is 1.23. The molecule has 1 unspecified atom stereocenters. The van der Waals surface area contributed by atoms with Crippen molar-refractivity contribution in [2.45, 2.75) is 25.5 Å². The number of nitrogens with one attached hydrogen (secondary N) is 2. The van der Waals surface area contributed by atoms with Gasteiger partial charge in [-0.3, -0.25) is 5.41 Å². The second kappa shape index (κ2) is 5.32. The molecule has 12 heavy (non-hydrogen) atoms. The van der Waals surface area contributed by atoms with Gasteiger partial charge in [0.05, 0.1) is 4.62 Å².